The molecule has 0 saturated carbocycles. The van der Waals surface area contributed by atoms with Gasteiger partial charge in [0.25, 0.3) is 0 Å². The summed E-state index contributed by atoms with van der Waals surface area (Å²) < 4.78 is 5.93. The number of carboxylic acids is 2. The number of amides is 1. The van der Waals surface area contributed by atoms with Crippen LogP contribution in [-0.2, 0) is 14.4 Å². The van der Waals surface area contributed by atoms with Crippen LogP contribution in [0.1, 0.15) is 25.7 Å². The third kappa shape index (κ3) is 6.82. The summed E-state index contributed by atoms with van der Waals surface area (Å²) in [5.41, 5.74) is 5.31. The number of nitrogens with zero attached hydrogens (tertiary/aromatic N) is 2. The highest BCUT2D eigenvalue weighted by Crippen LogP contribution is 2.36. The van der Waals surface area contributed by atoms with E-state index in [1.807, 2.05) is 0 Å². The first-order valence-corrected chi connectivity index (χ1v) is 9.08. The number of ether oxygens (including phenoxy) is 1. The number of nitrogens with two attached hydrogens (primary N) is 1. The SMILES string of the molecule is NC(=O)CN1C2CCC1CC(Oc1ccc(Cl)cn1)C2.O=C(O)/C=C/C(=O)O. The van der Waals surface area contributed by atoms with E-state index in [0.29, 0.717) is 41.7 Å². The number of primary amides is 1. The Hall–Kier alpha value is -2.65. The maximum Gasteiger partial charge on any atom is 0.328 e. The molecule has 0 spiro atoms. The van der Waals surface area contributed by atoms with Crippen LogP contribution in [0.5, 0.6) is 5.88 Å². The smallest absolute Gasteiger partial charge is 0.328 e. The Morgan fingerprint density at radius 1 is 1.18 bits per heavy atom. The van der Waals surface area contributed by atoms with Crippen molar-refractivity contribution < 1.29 is 29.3 Å². The zero-order chi connectivity index (χ0) is 20.7. The average molecular weight is 412 g/mol. The summed E-state index contributed by atoms with van der Waals surface area (Å²) in [7, 11) is 0. The van der Waals surface area contributed by atoms with Crippen LogP contribution >= 0.6 is 11.6 Å². The van der Waals surface area contributed by atoms with Gasteiger partial charge in [0.1, 0.15) is 6.10 Å². The molecule has 9 nitrogen and oxygen atoms in total. The van der Waals surface area contributed by atoms with Gasteiger partial charge in [-0.25, -0.2) is 14.6 Å². The van der Waals surface area contributed by atoms with Crippen molar-refractivity contribution in [1.29, 1.82) is 0 Å². The van der Waals surface area contributed by atoms with E-state index in [4.69, 9.17) is 32.3 Å². The van der Waals surface area contributed by atoms with Gasteiger partial charge in [-0.05, 0) is 31.7 Å². The van der Waals surface area contributed by atoms with E-state index in [1.54, 1.807) is 18.3 Å². The molecule has 2 fully saturated rings. The third-order valence-corrected chi connectivity index (χ3v) is 4.76. The minimum atomic E-state index is -1.26. The second-order valence-corrected chi connectivity index (χ2v) is 7.00. The predicted octanol–water partition coefficient (Wildman–Crippen LogP) is 1.31. The van der Waals surface area contributed by atoms with Crippen LogP contribution in [0.4, 0.5) is 0 Å². The molecule has 0 radical (unpaired) electrons. The van der Waals surface area contributed by atoms with Crippen LogP contribution in [0.15, 0.2) is 30.5 Å². The van der Waals surface area contributed by atoms with Gasteiger partial charge in [0.05, 0.1) is 11.6 Å². The normalized spacial score (nSPS) is 23.7. The monoisotopic (exact) mass is 411 g/mol. The molecule has 2 aliphatic heterocycles. The number of hydrogen-bond donors (Lipinski definition) is 3. The number of pyridine rings is 1. The summed E-state index contributed by atoms with van der Waals surface area (Å²) in [4.78, 5) is 36.6. The van der Waals surface area contributed by atoms with Crippen molar-refractivity contribution in [2.45, 2.75) is 43.9 Å². The van der Waals surface area contributed by atoms with Crippen molar-refractivity contribution in [3.8, 4) is 5.88 Å². The Bertz CT molecular complexity index is 709. The highest BCUT2D eigenvalue weighted by molar-refractivity contribution is 6.30. The number of carboxylic acid groups (broad SMARTS) is 2. The largest absolute Gasteiger partial charge is 0.478 e. The maximum absolute atomic E-state index is 11.1. The number of piperidine rings is 1. The number of halogens is 1. The summed E-state index contributed by atoms with van der Waals surface area (Å²) in [6.07, 6.45) is 6.95. The van der Waals surface area contributed by atoms with Gasteiger partial charge in [-0.3, -0.25) is 9.69 Å². The predicted molar refractivity (Wildman–Crippen MR) is 100 cm³/mol. The van der Waals surface area contributed by atoms with Crippen LogP contribution in [0.3, 0.4) is 0 Å². The number of hydrogen-bond acceptors (Lipinski definition) is 6. The maximum atomic E-state index is 11.1. The van der Waals surface area contributed by atoms with Gasteiger partial charge in [0.15, 0.2) is 0 Å². The fourth-order valence-corrected chi connectivity index (χ4v) is 3.62. The van der Waals surface area contributed by atoms with Crippen LogP contribution in [0, 0.1) is 0 Å². The van der Waals surface area contributed by atoms with Gasteiger partial charge < -0.3 is 20.7 Å². The molecule has 0 aromatic carbocycles. The quantitative estimate of drug-likeness (QED) is 0.594. The number of aliphatic carboxylic acids is 2. The lowest BCUT2D eigenvalue weighted by atomic mass is 9.99. The van der Waals surface area contributed by atoms with E-state index >= 15 is 0 Å². The molecule has 3 heterocycles. The number of carbonyl (C=O) groups is 3. The van der Waals surface area contributed by atoms with Crippen LogP contribution in [-0.4, -0.2) is 62.7 Å². The molecule has 2 bridgehead atoms. The van der Waals surface area contributed by atoms with Crippen LogP contribution in [0.2, 0.25) is 5.02 Å². The molecule has 2 unspecified atom stereocenters. The molecule has 1 aromatic rings. The van der Waals surface area contributed by atoms with Crippen LogP contribution in [0.25, 0.3) is 0 Å². The van der Waals surface area contributed by atoms with Gasteiger partial charge >= 0.3 is 11.9 Å². The van der Waals surface area contributed by atoms with Gasteiger partial charge in [-0.2, -0.15) is 0 Å². The lowest BCUT2D eigenvalue weighted by Gasteiger charge is -2.37. The van der Waals surface area contributed by atoms with Crippen molar-refractivity contribution in [2.75, 3.05) is 6.54 Å². The van der Waals surface area contributed by atoms with Crippen molar-refractivity contribution in [3.05, 3.63) is 35.5 Å². The molecule has 4 N–H and O–H groups in total. The number of aromatic nitrogens is 1. The molecule has 2 atom stereocenters. The molecule has 1 aromatic heterocycles. The van der Waals surface area contributed by atoms with E-state index < -0.39 is 11.9 Å². The Labute approximate surface area is 166 Å². The summed E-state index contributed by atoms with van der Waals surface area (Å²) in [6.45, 7) is 0.362. The van der Waals surface area contributed by atoms with Gasteiger partial charge in [0, 0.05) is 36.5 Å². The molecule has 152 valence electrons. The second kappa shape index (κ2) is 10.0. The highest BCUT2D eigenvalue weighted by atomic mass is 35.5. The van der Waals surface area contributed by atoms with Crippen molar-refractivity contribution in [3.63, 3.8) is 0 Å². The van der Waals surface area contributed by atoms with Gasteiger partial charge in [-0.1, -0.05) is 11.6 Å². The molecule has 28 heavy (non-hydrogen) atoms. The Morgan fingerprint density at radius 2 is 1.75 bits per heavy atom. The Kier molecular flexibility index (Phi) is 7.77. The zero-order valence-electron chi connectivity index (χ0n) is 15.0. The van der Waals surface area contributed by atoms with Crippen molar-refractivity contribution in [1.82, 2.24) is 9.88 Å². The first-order chi connectivity index (χ1) is 13.2. The van der Waals surface area contributed by atoms with E-state index in [1.165, 1.54) is 0 Å². The van der Waals surface area contributed by atoms with E-state index in [2.05, 4.69) is 9.88 Å². The number of carbonyl (C=O) groups excluding carboxylic acids is 1. The second-order valence-electron chi connectivity index (χ2n) is 6.56. The first-order valence-electron chi connectivity index (χ1n) is 8.70. The highest BCUT2D eigenvalue weighted by Gasteiger charge is 2.42. The molecule has 10 heteroatoms. The molecular weight excluding hydrogens is 390 g/mol. The molecular formula is C18H22ClN3O6. The minimum absolute atomic E-state index is 0.158. The third-order valence-electron chi connectivity index (χ3n) is 4.54. The van der Waals surface area contributed by atoms with Crippen molar-refractivity contribution >= 4 is 29.4 Å². The lowest BCUT2D eigenvalue weighted by molar-refractivity contribution is -0.134. The molecule has 2 aliphatic rings. The lowest BCUT2D eigenvalue weighted by Crippen LogP contribution is -2.49. The summed E-state index contributed by atoms with van der Waals surface area (Å²) >= 11 is 5.81. The molecule has 0 aliphatic carbocycles. The Balaban J connectivity index is 0.000000300. The van der Waals surface area contributed by atoms with E-state index in [-0.39, 0.29) is 12.0 Å². The fraction of sp³-hybridized carbons (Fsp3) is 0.444. The molecule has 3 rings (SSSR count). The van der Waals surface area contributed by atoms with E-state index in [0.717, 1.165) is 25.7 Å². The molecule has 1 amide bonds. The van der Waals surface area contributed by atoms with Gasteiger partial charge in [-0.15, -0.1) is 0 Å². The average Bonchev–Trinajstić information content (AvgIpc) is 2.85. The minimum Gasteiger partial charge on any atom is -0.478 e. The molecule has 2 saturated heterocycles. The Morgan fingerprint density at radius 3 is 2.18 bits per heavy atom. The standard InChI is InChI=1S/C14H18ClN3O2.C4H4O4/c15-9-1-4-14(17-7-9)20-12-5-10-2-3-11(6-12)18(10)8-13(16)19;5-3(6)1-2-4(7)8/h1,4,7,10-12H,2-3,5-6,8H2,(H2,16,19);1-2H,(H,5,6)(H,7,8)/b;2-1+. The number of fused-ring (bicyclic) bond motifs is 2. The summed E-state index contributed by atoms with van der Waals surface area (Å²) in [5, 5.41) is 16.2. The first kappa shape index (κ1) is 21.6. The summed E-state index contributed by atoms with van der Waals surface area (Å²) in [5.74, 6) is -2.15. The summed E-state index contributed by atoms with van der Waals surface area (Å²) in [6, 6.07) is 4.37. The van der Waals surface area contributed by atoms with Crippen molar-refractivity contribution in [2.24, 2.45) is 5.73 Å². The number of rotatable bonds is 6. The van der Waals surface area contributed by atoms with Gasteiger partial charge in [0.2, 0.25) is 11.8 Å². The van der Waals surface area contributed by atoms with E-state index in [9.17, 15) is 14.4 Å². The van der Waals surface area contributed by atoms with Crippen LogP contribution < -0.4 is 10.5 Å². The topological polar surface area (TPSA) is 143 Å². The zero-order valence-corrected chi connectivity index (χ0v) is 15.8. The fourth-order valence-electron chi connectivity index (χ4n) is 3.50.